The van der Waals surface area contributed by atoms with Crippen LogP contribution in [-0.4, -0.2) is 29.3 Å². The highest BCUT2D eigenvalue weighted by Gasteiger charge is 2.32. The molecule has 1 aromatic heterocycles. The molecule has 0 saturated carbocycles. The number of nitrogens with zero attached hydrogens (tertiary/aromatic N) is 2. The Morgan fingerprint density at radius 1 is 1.33 bits per heavy atom. The molecule has 0 bridgehead atoms. The predicted molar refractivity (Wildman–Crippen MR) is 61.2 cm³/mol. The lowest BCUT2D eigenvalue weighted by atomic mass is 10.1. The standard InChI is InChI=1S/C11H15F3N4/c12-11(13,14)9-3-4-10(18-17-9)16-7-5-8-2-1-6-15-8/h3-4,8,15H,1-2,5-7H2,(H,16,18). The second-order valence-corrected chi connectivity index (χ2v) is 4.31. The first-order valence-electron chi connectivity index (χ1n) is 5.94. The molecule has 1 aliphatic rings. The molecular formula is C11H15F3N4. The number of halogens is 3. The molecule has 1 unspecified atom stereocenters. The molecule has 18 heavy (non-hydrogen) atoms. The number of anilines is 1. The smallest absolute Gasteiger partial charge is 0.369 e. The van der Waals surface area contributed by atoms with Crippen molar-refractivity contribution in [2.24, 2.45) is 0 Å². The number of hydrogen-bond donors (Lipinski definition) is 2. The lowest BCUT2D eigenvalue weighted by molar-refractivity contribution is -0.141. The first-order chi connectivity index (χ1) is 8.55. The summed E-state index contributed by atoms with van der Waals surface area (Å²) >= 11 is 0. The maximum absolute atomic E-state index is 12.2. The molecule has 0 radical (unpaired) electrons. The molecule has 1 aromatic rings. The summed E-state index contributed by atoms with van der Waals surface area (Å²) in [5.41, 5.74) is -0.967. The number of rotatable bonds is 4. The topological polar surface area (TPSA) is 49.8 Å². The van der Waals surface area contributed by atoms with Crippen LogP contribution in [0.3, 0.4) is 0 Å². The third kappa shape index (κ3) is 3.56. The predicted octanol–water partition coefficient (Wildman–Crippen LogP) is 2.05. The molecule has 2 rings (SSSR count). The van der Waals surface area contributed by atoms with E-state index in [4.69, 9.17) is 0 Å². The SMILES string of the molecule is FC(F)(F)c1ccc(NCCC2CCCN2)nn1. The Hall–Kier alpha value is -1.37. The Labute approximate surface area is 103 Å². The van der Waals surface area contributed by atoms with Crippen LogP contribution in [-0.2, 0) is 6.18 Å². The molecular weight excluding hydrogens is 245 g/mol. The molecule has 2 N–H and O–H groups in total. The lowest BCUT2D eigenvalue weighted by Crippen LogP contribution is -2.24. The van der Waals surface area contributed by atoms with Crippen LogP contribution in [0.25, 0.3) is 0 Å². The van der Waals surface area contributed by atoms with Crippen molar-refractivity contribution in [3.05, 3.63) is 17.8 Å². The molecule has 1 fully saturated rings. The van der Waals surface area contributed by atoms with E-state index >= 15 is 0 Å². The van der Waals surface area contributed by atoms with Gasteiger partial charge in [-0.15, -0.1) is 10.2 Å². The van der Waals surface area contributed by atoms with E-state index in [0.717, 1.165) is 25.5 Å². The number of hydrogen-bond acceptors (Lipinski definition) is 4. The zero-order chi connectivity index (χ0) is 13.0. The van der Waals surface area contributed by atoms with Crippen LogP contribution in [0.5, 0.6) is 0 Å². The highest BCUT2D eigenvalue weighted by Crippen LogP contribution is 2.27. The molecule has 1 aliphatic heterocycles. The van der Waals surface area contributed by atoms with Crippen molar-refractivity contribution in [1.82, 2.24) is 15.5 Å². The molecule has 0 aromatic carbocycles. The maximum Gasteiger partial charge on any atom is 0.435 e. The first-order valence-corrected chi connectivity index (χ1v) is 5.94. The molecule has 4 nitrogen and oxygen atoms in total. The summed E-state index contributed by atoms with van der Waals surface area (Å²) in [4.78, 5) is 0. The Bertz CT molecular complexity index is 371. The van der Waals surface area contributed by atoms with Gasteiger partial charge in [0.25, 0.3) is 0 Å². The van der Waals surface area contributed by atoms with Gasteiger partial charge in [0.05, 0.1) is 0 Å². The van der Waals surface area contributed by atoms with Gasteiger partial charge in [0.1, 0.15) is 5.82 Å². The van der Waals surface area contributed by atoms with Gasteiger partial charge in [0.2, 0.25) is 0 Å². The van der Waals surface area contributed by atoms with Gasteiger partial charge >= 0.3 is 6.18 Å². The van der Waals surface area contributed by atoms with Crippen LogP contribution < -0.4 is 10.6 Å². The van der Waals surface area contributed by atoms with E-state index < -0.39 is 11.9 Å². The number of nitrogens with one attached hydrogen (secondary N) is 2. The van der Waals surface area contributed by atoms with Crippen LogP contribution in [0.2, 0.25) is 0 Å². The van der Waals surface area contributed by atoms with E-state index in [1.54, 1.807) is 0 Å². The Morgan fingerprint density at radius 3 is 2.72 bits per heavy atom. The van der Waals surface area contributed by atoms with Gasteiger partial charge < -0.3 is 10.6 Å². The summed E-state index contributed by atoms with van der Waals surface area (Å²) in [6, 6.07) is 2.74. The van der Waals surface area contributed by atoms with Gasteiger partial charge in [-0.2, -0.15) is 13.2 Å². The highest BCUT2D eigenvalue weighted by molar-refractivity contribution is 5.33. The summed E-state index contributed by atoms with van der Waals surface area (Å²) in [7, 11) is 0. The van der Waals surface area contributed by atoms with Crippen LogP contribution in [0, 0.1) is 0 Å². The maximum atomic E-state index is 12.2. The van der Waals surface area contributed by atoms with Crippen molar-refractivity contribution >= 4 is 5.82 Å². The zero-order valence-electron chi connectivity index (χ0n) is 9.80. The van der Waals surface area contributed by atoms with Gasteiger partial charge in [0.15, 0.2) is 5.69 Å². The third-order valence-electron chi connectivity index (χ3n) is 2.92. The number of alkyl halides is 3. The normalized spacial score (nSPS) is 20.1. The van der Waals surface area contributed by atoms with Gasteiger partial charge in [-0.1, -0.05) is 0 Å². The Morgan fingerprint density at radius 2 is 2.17 bits per heavy atom. The molecule has 100 valence electrons. The summed E-state index contributed by atoms with van der Waals surface area (Å²) in [6.07, 6.45) is -1.16. The summed E-state index contributed by atoms with van der Waals surface area (Å²) in [6.45, 7) is 1.72. The Balaban J connectivity index is 1.79. The third-order valence-corrected chi connectivity index (χ3v) is 2.92. The fraction of sp³-hybridized carbons (Fsp3) is 0.636. The van der Waals surface area contributed by atoms with Gasteiger partial charge in [-0.05, 0) is 37.9 Å². The van der Waals surface area contributed by atoms with E-state index in [1.807, 2.05) is 0 Å². The molecule has 7 heteroatoms. The molecule has 0 aliphatic carbocycles. The van der Waals surface area contributed by atoms with E-state index in [9.17, 15) is 13.2 Å². The first kappa shape index (κ1) is 13.1. The molecule has 1 atom stereocenters. The second-order valence-electron chi connectivity index (χ2n) is 4.31. The fourth-order valence-electron chi connectivity index (χ4n) is 1.96. The van der Waals surface area contributed by atoms with Gasteiger partial charge in [-0.25, -0.2) is 0 Å². The average Bonchev–Trinajstić information content (AvgIpc) is 2.82. The van der Waals surface area contributed by atoms with E-state index in [0.29, 0.717) is 18.4 Å². The molecule has 0 amide bonds. The minimum absolute atomic E-state index is 0.376. The molecule has 2 heterocycles. The van der Waals surface area contributed by atoms with E-state index in [2.05, 4.69) is 20.8 Å². The summed E-state index contributed by atoms with van der Waals surface area (Å²) in [5, 5.41) is 13.0. The molecule has 0 spiro atoms. The summed E-state index contributed by atoms with van der Waals surface area (Å²) < 4.78 is 36.7. The lowest BCUT2D eigenvalue weighted by Gasteiger charge is -2.11. The monoisotopic (exact) mass is 260 g/mol. The quantitative estimate of drug-likeness (QED) is 0.870. The summed E-state index contributed by atoms with van der Waals surface area (Å²) in [5.74, 6) is 0.376. The van der Waals surface area contributed by atoms with Crippen LogP contribution in [0.4, 0.5) is 19.0 Å². The van der Waals surface area contributed by atoms with Gasteiger partial charge in [-0.3, -0.25) is 0 Å². The minimum Gasteiger partial charge on any atom is -0.369 e. The van der Waals surface area contributed by atoms with Crippen LogP contribution in [0.15, 0.2) is 12.1 Å². The fourth-order valence-corrected chi connectivity index (χ4v) is 1.96. The van der Waals surface area contributed by atoms with Crippen LogP contribution in [0.1, 0.15) is 25.0 Å². The number of aromatic nitrogens is 2. The van der Waals surface area contributed by atoms with Crippen LogP contribution >= 0.6 is 0 Å². The van der Waals surface area contributed by atoms with Crippen molar-refractivity contribution in [3.63, 3.8) is 0 Å². The van der Waals surface area contributed by atoms with Crippen molar-refractivity contribution < 1.29 is 13.2 Å². The molecule has 1 saturated heterocycles. The minimum atomic E-state index is -4.43. The van der Waals surface area contributed by atoms with E-state index in [-0.39, 0.29) is 0 Å². The second kappa shape index (κ2) is 5.51. The highest BCUT2D eigenvalue weighted by atomic mass is 19.4. The van der Waals surface area contributed by atoms with Crippen molar-refractivity contribution in [2.75, 3.05) is 18.4 Å². The Kier molecular flexibility index (Phi) is 4.00. The van der Waals surface area contributed by atoms with E-state index in [1.165, 1.54) is 12.5 Å². The average molecular weight is 260 g/mol. The van der Waals surface area contributed by atoms with Crippen molar-refractivity contribution in [1.29, 1.82) is 0 Å². The van der Waals surface area contributed by atoms with Crippen molar-refractivity contribution in [3.8, 4) is 0 Å². The van der Waals surface area contributed by atoms with Gasteiger partial charge in [0, 0.05) is 12.6 Å². The zero-order valence-corrected chi connectivity index (χ0v) is 9.80. The largest absolute Gasteiger partial charge is 0.435 e. The van der Waals surface area contributed by atoms with Crippen molar-refractivity contribution in [2.45, 2.75) is 31.5 Å².